The van der Waals surface area contributed by atoms with Gasteiger partial charge in [-0.25, -0.2) is 0 Å². The van der Waals surface area contributed by atoms with Crippen molar-refractivity contribution in [3.63, 3.8) is 0 Å². The van der Waals surface area contributed by atoms with Gasteiger partial charge in [-0.05, 0) is 11.6 Å². The molecule has 0 spiro atoms. The molecule has 0 aliphatic rings. The van der Waals surface area contributed by atoms with Crippen molar-refractivity contribution in [2.75, 3.05) is 53.6 Å². The maximum Gasteiger partial charge on any atom is 0.127 e. The first-order valence-electron chi connectivity index (χ1n) is 8.73. The van der Waals surface area contributed by atoms with Crippen LogP contribution in [0.1, 0.15) is 0 Å². The monoisotopic (exact) mass is 330 g/mol. The van der Waals surface area contributed by atoms with E-state index in [2.05, 4.69) is 37.6 Å². The van der Waals surface area contributed by atoms with Crippen LogP contribution in [0.3, 0.4) is 0 Å². The molecular weight excluding hydrogens is 300 g/mol. The van der Waals surface area contributed by atoms with E-state index in [4.69, 9.17) is 9.47 Å². The second-order valence-corrected chi connectivity index (χ2v) is 6.15. The second-order valence-electron chi connectivity index (χ2n) is 6.15. The van der Waals surface area contributed by atoms with Gasteiger partial charge in [-0.3, -0.25) is 0 Å². The number of quaternary nitrogens is 2. The predicted molar refractivity (Wildman–Crippen MR) is 97.5 cm³/mol. The summed E-state index contributed by atoms with van der Waals surface area (Å²) in [5.41, 5.74) is 2.30. The lowest BCUT2D eigenvalue weighted by molar-refractivity contribution is -0.874. The van der Waals surface area contributed by atoms with Crippen LogP contribution < -0.4 is 15.0 Å². The first-order chi connectivity index (χ1) is 11.8. The van der Waals surface area contributed by atoms with Crippen LogP contribution in [0, 0.1) is 0 Å². The van der Waals surface area contributed by atoms with E-state index in [9.17, 15) is 0 Å². The van der Waals surface area contributed by atoms with Crippen molar-refractivity contribution in [3.05, 3.63) is 54.6 Å². The Kier molecular flexibility index (Phi) is 8.32. The third-order valence-electron chi connectivity index (χ3n) is 3.77. The molecule has 4 nitrogen and oxygen atoms in total. The van der Waals surface area contributed by atoms with Gasteiger partial charge in [-0.15, -0.1) is 0 Å². The molecular formula is C20H30N2O2+2. The van der Waals surface area contributed by atoms with Gasteiger partial charge in [0.05, 0.1) is 33.9 Å². The molecule has 0 bridgehead atoms. The highest BCUT2D eigenvalue weighted by Gasteiger charge is 2.05. The minimum absolute atomic E-state index is 0.575. The summed E-state index contributed by atoms with van der Waals surface area (Å²) in [6.45, 7) is 5.30. The number of hydrogen-bond donors (Lipinski definition) is 2. The Hall–Kier alpha value is -1.88. The molecule has 0 aliphatic heterocycles. The Morgan fingerprint density at radius 1 is 0.833 bits per heavy atom. The average Bonchev–Trinajstić information content (AvgIpc) is 2.61. The van der Waals surface area contributed by atoms with E-state index in [0.29, 0.717) is 13.2 Å². The van der Waals surface area contributed by atoms with Crippen LogP contribution in [0.15, 0.2) is 54.6 Å². The molecule has 4 heteroatoms. The molecule has 0 saturated carbocycles. The van der Waals surface area contributed by atoms with E-state index >= 15 is 0 Å². The summed E-state index contributed by atoms with van der Waals surface area (Å²) in [4.78, 5) is 1.48. The van der Waals surface area contributed by atoms with Gasteiger partial charge in [-0.1, -0.05) is 48.5 Å². The molecule has 0 aromatic heterocycles. The number of nitrogens with one attached hydrogen (secondary N) is 1. The quantitative estimate of drug-likeness (QED) is 0.588. The van der Waals surface area contributed by atoms with Gasteiger partial charge in [0.25, 0.3) is 0 Å². The van der Waals surface area contributed by atoms with Crippen LogP contribution in [0.4, 0.5) is 0 Å². The summed E-state index contributed by atoms with van der Waals surface area (Å²) in [6, 6.07) is 18.5. The van der Waals surface area contributed by atoms with Crippen LogP contribution in [-0.2, 0) is 4.74 Å². The Morgan fingerprint density at radius 2 is 1.58 bits per heavy atom. The molecule has 0 heterocycles. The van der Waals surface area contributed by atoms with Crippen LogP contribution in [0.5, 0.6) is 5.75 Å². The molecule has 0 aliphatic carbocycles. The lowest BCUT2D eigenvalue weighted by Crippen LogP contribution is -3.09. The molecule has 0 radical (unpaired) electrons. The molecule has 3 N–H and O–H groups in total. The van der Waals surface area contributed by atoms with E-state index < -0.39 is 0 Å². The van der Waals surface area contributed by atoms with Crippen molar-refractivity contribution in [1.82, 2.24) is 0 Å². The van der Waals surface area contributed by atoms with Gasteiger partial charge in [0.2, 0.25) is 0 Å². The molecule has 2 aromatic rings. The highest BCUT2D eigenvalue weighted by molar-refractivity contribution is 5.70. The maximum absolute atomic E-state index is 5.91. The first kappa shape index (κ1) is 18.5. The zero-order chi connectivity index (χ0) is 17.0. The summed E-state index contributed by atoms with van der Waals surface area (Å²) in [7, 11) is 4.35. The van der Waals surface area contributed by atoms with E-state index in [1.54, 1.807) is 0 Å². The van der Waals surface area contributed by atoms with E-state index in [0.717, 1.165) is 31.0 Å². The Morgan fingerprint density at radius 3 is 2.38 bits per heavy atom. The highest BCUT2D eigenvalue weighted by atomic mass is 16.5. The van der Waals surface area contributed by atoms with Crippen molar-refractivity contribution in [1.29, 1.82) is 0 Å². The maximum atomic E-state index is 5.91. The zero-order valence-electron chi connectivity index (χ0n) is 14.8. The Labute approximate surface area is 145 Å². The Bertz CT molecular complexity index is 573. The van der Waals surface area contributed by atoms with Gasteiger partial charge >= 0.3 is 0 Å². The molecule has 2 aromatic carbocycles. The van der Waals surface area contributed by atoms with Gasteiger partial charge in [0, 0.05) is 5.56 Å². The van der Waals surface area contributed by atoms with Crippen molar-refractivity contribution >= 4 is 0 Å². The average molecular weight is 330 g/mol. The van der Waals surface area contributed by atoms with Crippen molar-refractivity contribution in [3.8, 4) is 16.9 Å². The standard InChI is InChI=1S/C20H28N2O2/c1-22(2)14-12-21-13-15-23-16-17-24-20-11-7-6-10-19(20)18-8-4-3-5-9-18/h3-11,21H,12-17H2,1-2H3/p+2. The van der Waals surface area contributed by atoms with Gasteiger partial charge in [-0.2, -0.15) is 0 Å². The molecule has 24 heavy (non-hydrogen) atoms. The summed E-state index contributed by atoms with van der Waals surface area (Å²) >= 11 is 0. The minimum Gasteiger partial charge on any atom is -0.491 e. The highest BCUT2D eigenvalue weighted by Crippen LogP contribution is 2.29. The molecule has 0 saturated heterocycles. The van der Waals surface area contributed by atoms with E-state index in [1.165, 1.54) is 17.0 Å². The lowest BCUT2D eigenvalue weighted by atomic mass is 10.1. The molecule has 0 unspecified atom stereocenters. The molecule has 0 amide bonds. The SMILES string of the molecule is C[NH+](C)CC[NH2+]CCOCCOc1ccccc1-c1ccccc1. The van der Waals surface area contributed by atoms with Gasteiger partial charge < -0.3 is 19.7 Å². The fourth-order valence-corrected chi connectivity index (χ4v) is 2.46. The van der Waals surface area contributed by atoms with E-state index in [-0.39, 0.29) is 0 Å². The van der Waals surface area contributed by atoms with Crippen LogP contribution >= 0.6 is 0 Å². The number of nitrogens with two attached hydrogens (primary N) is 1. The van der Waals surface area contributed by atoms with Crippen molar-refractivity contribution in [2.45, 2.75) is 0 Å². The fourth-order valence-electron chi connectivity index (χ4n) is 2.46. The fraction of sp³-hybridized carbons (Fsp3) is 0.400. The number of para-hydroxylation sites is 1. The van der Waals surface area contributed by atoms with Crippen LogP contribution in [-0.4, -0.2) is 53.6 Å². The lowest BCUT2D eigenvalue weighted by Gasteiger charge is -2.12. The van der Waals surface area contributed by atoms with Crippen LogP contribution in [0.25, 0.3) is 11.1 Å². The summed E-state index contributed by atoms with van der Waals surface area (Å²) in [5.74, 6) is 0.910. The first-order valence-corrected chi connectivity index (χ1v) is 8.73. The molecule has 2 rings (SSSR count). The second kappa shape index (κ2) is 10.8. The molecule has 0 fully saturated rings. The largest absolute Gasteiger partial charge is 0.491 e. The number of likely N-dealkylation sites (N-methyl/N-ethyl adjacent to an activating group) is 1. The smallest absolute Gasteiger partial charge is 0.127 e. The number of ether oxygens (including phenoxy) is 2. The summed E-state index contributed by atoms with van der Waals surface area (Å²) in [6.07, 6.45) is 0. The zero-order valence-corrected chi connectivity index (χ0v) is 14.8. The third-order valence-corrected chi connectivity index (χ3v) is 3.77. The summed E-state index contributed by atoms with van der Waals surface area (Å²) < 4.78 is 11.6. The predicted octanol–water partition coefficient (Wildman–Crippen LogP) is 0.457. The van der Waals surface area contributed by atoms with Gasteiger partial charge in [0.1, 0.15) is 25.4 Å². The minimum atomic E-state index is 0.575. The topological polar surface area (TPSA) is 39.5 Å². The molecule has 130 valence electrons. The third kappa shape index (κ3) is 6.71. The number of hydrogen-bond acceptors (Lipinski definition) is 2. The van der Waals surface area contributed by atoms with Crippen LogP contribution in [0.2, 0.25) is 0 Å². The Balaban J connectivity index is 1.67. The van der Waals surface area contributed by atoms with Gasteiger partial charge in [0.15, 0.2) is 0 Å². The van der Waals surface area contributed by atoms with E-state index in [1.807, 2.05) is 36.4 Å². The van der Waals surface area contributed by atoms with Crippen molar-refractivity contribution in [2.24, 2.45) is 0 Å². The molecule has 0 atom stereocenters. The van der Waals surface area contributed by atoms with Crippen molar-refractivity contribution < 1.29 is 19.7 Å². The number of benzene rings is 2. The summed E-state index contributed by atoms with van der Waals surface area (Å²) in [5, 5.41) is 2.30. The number of rotatable bonds is 11. The normalized spacial score (nSPS) is 11.0.